The van der Waals surface area contributed by atoms with Crippen molar-refractivity contribution in [3.63, 3.8) is 0 Å². The monoisotopic (exact) mass is 292 g/mol. The molecule has 2 aromatic carbocycles. The number of anilines is 1. The van der Waals surface area contributed by atoms with Crippen LogP contribution >= 0.6 is 0 Å². The number of rotatable bonds is 3. The summed E-state index contributed by atoms with van der Waals surface area (Å²) >= 11 is 0. The van der Waals surface area contributed by atoms with E-state index < -0.39 is 0 Å². The molecule has 3 aromatic rings. The highest BCUT2D eigenvalue weighted by molar-refractivity contribution is 6.04. The van der Waals surface area contributed by atoms with Gasteiger partial charge in [-0.15, -0.1) is 0 Å². The third-order valence-electron chi connectivity index (χ3n) is 3.21. The lowest BCUT2D eigenvalue weighted by Crippen LogP contribution is -2.11. The number of aromatic nitrogens is 1. The molecule has 3 nitrogen and oxygen atoms in total. The minimum absolute atomic E-state index is 0.207. The molecule has 3 rings (SSSR count). The van der Waals surface area contributed by atoms with E-state index in [4.69, 9.17) is 0 Å². The lowest BCUT2D eigenvalue weighted by atomic mass is 10.1. The van der Waals surface area contributed by atoms with Gasteiger partial charge in [-0.25, -0.2) is 4.39 Å². The van der Waals surface area contributed by atoms with Crippen molar-refractivity contribution < 1.29 is 9.18 Å². The van der Waals surface area contributed by atoms with E-state index in [1.165, 1.54) is 12.3 Å². The van der Waals surface area contributed by atoms with Crippen LogP contribution in [0.2, 0.25) is 0 Å². The van der Waals surface area contributed by atoms with Crippen LogP contribution in [0.4, 0.5) is 10.1 Å². The number of benzene rings is 2. The summed E-state index contributed by atoms with van der Waals surface area (Å²) in [7, 11) is 0. The van der Waals surface area contributed by atoms with Crippen LogP contribution in [0.25, 0.3) is 11.3 Å². The minimum atomic E-state index is -0.323. The Morgan fingerprint density at radius 3 is 2.32 bits per heavy atom. The number of halogens is 1. The third kappa shape index (κ3) is 3.01. The van der Waals surface area contributed by atoms with E-state index in [9.17, 15) is 9.18 Å². The van der Waals surface area contributed by atoms with Gasteiger partial charge in [-0.1, -0.05) is 30.3 Å². The maximum Gasteiger partial charge on any atom is 0.255 e. The maximum absolute atomic E-state index is 13.7. The lowest BCUT2D eigenvalue weighted by molar-refractivity contribution is 0.102. The Kier molecular flexibility index (Phi) is 3.92. The number of pyridine rings is 1. The summed E-state index contributed by atoms with van der Waals surface area (Å²) in [5.74, 6) is -0.530. The Bertz CT molecular complexity index is 786. The van der Waals surface area contributed by atoms with Gasteiger partial charge in [0.05, 0.1) is 17.6 Å². The van der Waals surface area contributed by atoms with Crippen LogP contribution in [0.3, 0.4) is 0 Å². The van der Waals surface area contributed by atoms with E-state index >= 15 is 0 Å². The topological polar surface area (TPSA) is 42.0 Å². The summed E-state index contributed by atoms with van der Waals surface area (Å²) in [5.41, 5.74) is 2.09. The number of nitrogens with zero attached hydrogens (tertiary/aromatic N) is 1. The van der Waals surface area contributed by atoms with Gasteiger partial charge in [-0.2, -0.15) is 0 Å². The van der Waals surface area contributed by atoms with Crippen molar-refractivity contribution in [2.45, 2.75) is 0 Å². The number of carbonyl (C=O) groups is 1. The van der Waals surface area contributed by atoms with Crippen molar-refractivity contribution in [3.8, 4) is 11.3 Å². The highest BCUT2D eigenvalue weighted by atomic mass is 19.1. The Hall–Kier alpha value is -3.01. The molecule has 1 heterocycles. The summed E-state index contributed by atoms with van der Waals surface area (Å²) in [6.07, 6.45) is 1.52. The fraction of sp³-hybridized carbons (Fsp3) is 0. The summed E-state index contributed by atoms with van der Waals surface area (Å²) in [6, 6.07) is 18.7. The average Bonchev–Trinajstić information content (AvgIpc) is 2.57. The lowest BCUT2D eigenvalue weighted by Gasteiger charge is -2.06. The SMILES string of the molecule is O=C(Nc1ccc(-c2ccccc2F)nc1)c1ccccc1. The predicted molar refractivity (Wildman–Crippen MR) is 84.0 cm³/mol. The van der Waals surface area contributed by atoms with Gasteiger partial charge in [0.25, 0.3) is 5.91 Å². The first-order valence-corrected chi connectivity index (χ1v) is 6.81. The molecule has 4 heteroatoms. The first-order valence-electron chi connectivity index (χ1n) is 6.81. The second-order valence-electron chi connectivity index (χ2n) is 4.73. The summed E-state index contributed by atoms with van der Waals surface area (Å²) in [4.78, 5) is 16.2. The van der Waals surface area contributed by atoms with Crippen molar-refractivity contribution in [3.05, 3.63) is 84.3 Å². The second kappa shape index (κ2) is 6.18. The zero-order valence-electron chi connectivity index (χ0n) is 11.7. The third-order valence-corrected chi connectivity index (χ3v) is 3.21. The van der Waals surface area contributed by atoms with Gasteiger partial charge in [0.15, 0.2) is 0 Å². The molecular weight excluding hydrogens is 279 g/mol. The Balaban J connectivity index is 1.78. The van der Waals surface area contributed by atoms with E-state index in [2.05, 4.69) is 10.3 Å². The van der Waals surface area contributed by atoms with Crippen LogP contribution < -0.4 is 5.32 Å². The highest BCUT2D eigenvalue weighted by Crippen LogP contribution is 2.21. The molecule has 22 heavy (non-hydrogen) atoms. The molecule has 0 spiro atoms. The predicted octanol–water partition coefficient (Wildman–Crippen LogP) is 4.14. The van der Waals surface area contributed by atoms with Crippen LogP contribution in [0, 0.1) is 5.82 Å². The second-order valence-corrected chi connectivity index (χ2v) is 4.73. The molecule has 108 valence electrons. The van der Waals surface area contributed by atoms with E-state index in [-0.39, 0.29) is 11.7 Å². The van der Waals surface area contributed by atoms with Crippen LogP contribution in [0.1, 0.15) is 10.4 Å². The maximum atomic E-state index is 13.7. The highest BCUT2D eigenvalue weighted by Gasteiger charge is 2.07. The summed E-state index contributed by atoms with van der Waals surface area (Å²) < 4.78 is 13.7. The molecule has 1 N–H and O–H groups in total. The first kappa shape index (κ1) is 13.9. The molecule has 0 unspecified atom stereocenters. The van der Waals surface area contributed by atoms with Gasteiger partial charge in [-0.05, 0) is 36.4 Å². The average molecular weight is 292 g/mol. The Morgan fingerprint density at radius 2 is 1.64 bits per heavy atom. The summed E-state index contributed by atoms with van der Waals surface area (Å²) in [6.45, 7) is 0. The fourth-order valence-corrected chi connectivity index (χ4v) is 2.09. The van der Waals surface area contributed by atoms with Crippen molar-refractivity contribution in [1.82, 2.24) is 4.98 Å². The van der Waals surface area contributed by atoms with Crippen molar-refractivity contribution in [2.24, 2.45) is 0 Å². The normalized spacial score (nSPS) is 10.2. The first-order chi connectivity index (χ1) is 10.7. The van der Waals surface area contributed by atoms with Gasteiger partial charge in [0.1, 0.15) is 5.82 Å². The molecular formula is C18H13FN2O. The van der Waals surface area contributed by atoms with Gasteiger partial charge >= 0.3 is 0 Å². The zero-order chi connectivity index (χ0) is 15.4. The molecule has 1 amide bonds. The number of amides is 1. The van der Waals surface area contributed by atoms with Crippen LogP contribution in [0.15, 0.2) is 72.9 Å². The zero-order valence-corrected chi connectivity index (χ0v) is 11.7. The van der Waals surface area contributed by atoms with E-state index in [1.54, 1.807) is 54.6 Å². The van der Waals surface area contributed by atoms with Gasteiger partial charge < -0.3 is 5.32 Å². The quantitative estimate of drug-likeness (QED) is 0.788. The standard InChI is InChI=1S/C18H13FN2O/c19-16-9-5-4-8-15(16)17-11-10-14(12-20-17)21-18(22)13-6-2-1-3-7-13/h1-12H,(H,21,22). The Labute approximate surface area is 127 Å². The number of hydrogen-bond donors (Lipinski definition) is 1. The van der Waals surface area contributed by atoms with Gasteiger partial charge in [0.2, 0.25) is 0 Å². The van der Waals surface area contributed by atoms with E-state index in [1.807, 2.05) is 6.07 Å². The molecule has 0 aliphatic carbocycles. The molecule has 0 fully saturated rings. The molecule has 0 aliphatic rings. The van der Waals surface area contributed by atoms with Crippen molar-refractivity contribution >= 4 is 11.6 Å². The molecule has 0 atom stereocenters. The molecule has 0 saturated carbocycles. The molecule has 0 bridgehead atoms. The van der Waals surface area contributed by atoms with Crippen LogP contribution in [0.5, 0.6) is 0 Å². The van der Waals surface area contributed by atoms with E-state index in [0.717, 1.165) is 0 Å². The van der Waals surface area contributed by atoms with Gasteiger partial charge in [0, 0.05) is 11.1 Å². The molecule has 1 aromatic heterocycles. The number of hydrogen-bond acceptors (Lipinski definition) is 2. The Morgan fingerprint density at radius 1 is 0.909 bits per heavy atom. The molecule has 0 radical (unpaired) electrons. The fourth-order valence-electron chi connectivity index (χ4n) is 2.09. The van der Waals surface area contributed by atoms with E-state index in [0.29, 0.717) is 22.5 Å². The minimum Gasteiger partial charge on any atom is -0.321 e. The smallest absolute Gasteiger partial charge is 0.255 e. The summed E-state index contributed by atoms with van der Waals surface area (Å²) in [5, 5.41) is 2.76. The number of carbonyl (C=O) groups excluding carboxylic acids is 1. The number of nitrogens with one attached hydrogen (secondary N) is 1. The van der Waals surface area contributed by atoms with Crippen LogP contribution in [-0.4, -0.2) is 10.9 Å². The molecule has 0 saturated heterocycles. The van der Waals surface area contributed by atoms with Crippen molar-refractivity contribution in [2.75, 3.05) is 5.32 Å². The van der Waals surface area contributed by atoms with Crippen LogP contribution in [-0.2, 0) is 0 Å². The van der Waals surface area contributed by atoms with Crippen molar-refractivity contribution in [1.29, 1.82) is 0 Å². The van der Waals surface area contributed by atoms with Gasteiger partial charge in [-0.3, -0.25) is 9.78 Å². The molecule has 0 aliphatic heterocycles. The largest absolute Gasteiger partial charge is 0.321 e.